The van der Waals surface area contributed by atoms with E-state index in [1.807, 2.05) is 6.92 Å². The molecule has 1 unspecified atom stereocenters. The summed E-state index contributed by atoms with van der Waals surface area (Å²) in [5.74, 6) is 0.115. The fourth-order valence-electron chi connectivity index (χ4n) is 3.15. The monoisotopic (exact) mass is 368 g/mol. The zero-order valence-electron chi connectivity index (χ0n) is 14.5. The maximum Gasteiger partial charge on any atom is 0.416 e. The molecule has 1 saturated heterocycles. The van der Waals surface area contributed by atoms with Crippen LogP contribution in [-0.4, -0.2) is 35.7 Å². The molecular weight excluding hydrogens is 349 g/mol. The first-order valence-corrected chi connectivity index (χ1v) is 8.35. The van der Waals surface area contributed by atoms with Crippen molar-refractivity contribution >= 4 is 5.91 Å². The molecule has 2 aromatic rings. The number of morpholine rings is 1. The molecule has 2 heterocycles. The number of benzene rings is 1. The molecule has 8 heteroatoms. The first kappa shape index (κ1) is 18.4. The van der Waals surface area contributed by atoms with Gasteiger partial charge in [-0.05, 0) is 25.0 Å². The van der Waals surface area contributed by atoms with E-state index in [9.17, 15) is 18.0 Å². The Labute approximate surface area is 148 Å². The molecule has 0 N–H and O–H groups in total. The highest BCUT2D eigenvalue weighted by molar-refractivity contribution is 5.96. The molecule has 26 heavy (non-hydrogen) atoms. The van der Waals surface area contributed by atoms with Gasteiger partial charge in [-0.2, -0.15) is 13.2 Å². The van der Waals surface area contributed by atoms with Gasteiger partial charge in [0.25, 0.3) is 5.91 Å². The lowest BCUT2D eigenvalue weighted by Crippen LogP contribution is -2.43. The number of aryl methyl sites for hydroxylation is 2. The van der Waals surface area contributed by atoms with E-state index >= 15 is 0 Å². The van der Waals surface area contributed by atoms with E-state index in [1.165, 1.54) is 23.1 Å². The second-order valence-electron chi connectivity index (χ2n) is 6.11. The van der Waals surface area contributed by atoms with Crippen molar-refractivity contribution in [2.75, 3.05) is 19.7 Å². The van der Waals surface area contributed by atoms with E-state index in [-0.39, 0.29) is 24.6 Å². The van der Waals surface area contributed by atoms with E-state index in [0.29, 0.717) is 30.0 Å². The van der Waals surface area contributed by atoms with Crippen molar-refractivity contribution in [2.24, 2.45) is 0 Å². The minimum Gasteiger partial charge on any atom is -0.370 e. The summed E-state index contributed by atoms with van der Waals surface area (Å²) in [6.07, 6.45) is -4.79. The Hall–Kier alpha value is -2.35. The quantitative estimate of drug-likeness (QED) is 0.827. The van der Waals surface area contributed by atoms with Gasteiger partial charge in [0, 0.05) is 6.54 Å². The third-order valence-electron chi connectivity index (χ3n) is 4.45. The molecule has 1 aromatic heterocycles. The van der Waals surface area contributed by atoms with Crippen molar-refractivity contribution < 1.29 is 27.2 Å². The van der Waals surface area contributed by atoms with Gasteiger partial charge in [0.1, 0.15) is 17.4 Å². The topological polar surface area (TPSA) is 55.6 Å². The van der Waals surface area contributed by atoms with Crippen molar-refractivity contribution in [3.63, 3.8) is 0 Å². The van der Waals surface area contributed by atoms with E-state index in [0.717, 1.165) is 6.07 Å². The van der Waals surface area contributed by atoms with Crippen LogP contribution >= 0.6 is 0 Å². The summed E-state index contributed by atoms with van der Waals surface area (Å²) in [4.78, 5) is 14.4. The molecule has 0 saturated carbocycles. The van der Waals surface area contributed by atoms with E-state index in [2.05, 4.69) is 5.16 Å². The molecule has 1 fully saturated rings. The van der Waals surface area contributed by atoms with Crippen molar-refractivity contribution in [2.45, 2.75) is 32.5 Å². The third-order valence-corrected chi connectivity index (χ3v) is 4.45. The van der Waals surface area contributed by atoms with Crippen LogP contribution in [0.4, 0.5) is 13.2 Å². The summed E-state index contributed by atoms with van der Waals surface area (Å²) in [7, 11) is 0. The third kappa shape index (κ3) is 3.46. The SMILES string of the molecule is CCc1noc(C)c1C(=O)N1CCOC(c2ccccc2C(F)(F)F)C1. The predicted molar refractivity (Wildman–Crippen MR) is 86.7 cm³/mol. The average Bonchev–Trinajstić information content (AvgIpc) is 3.01. The van der Waals surface area contributed by atoms with Gasteiger partial charge in [0.2, 0.25) is 0 Å². The summed E-state index contributed by atoms with van der Waals surface area (Å²) < 4.78 is 50.5. The number of halogens is 3. The fraction of sp³-hybridized carbons (Fsp3) is 0.444. The lowest BCUT2D eigenvalue weighted by molar-refractivity contribution is -0.140. The van der Waals surface area contributed by atoms with Gasteiger partial charge in [-0.25, -0.2) is 0 Å². The fourth-order valence-corrected chi connectivity index (χ4v) is 3.15. The molecule has 0 radical (unpaired) electrons. The molecule has 1 amide bonds. The first-order chi connectivity index (χ1) is 12.3. The minimum absolute atomic E-state index is 0.0373. The maximum absolute atomic E-state index is 13.3. The second kappa shape index (κ2) is 7.11. The average molecular weight is 368 g/mol. The Balaban J connectivity index is 1.87. The van der Waals surface area contributed by atoms with Gasteiger partial charge in [-0.15, -0.1) is 0 Å². The lowest BCUT2D eigenvalue weighted by atomic mass is 10.00. The molecule has 1 aromatic carbocycles. The second-order valence-corrected chi connectivity index (χ2v) is 6.11. The Kier molecular flexibility index (Phi) is 5.04. The molecule has 0 aliphatic carbocycles. The predicted octanol–water partition coefficient (Wildman–Crippen LogP) is 3.78. The van der Waals surface area contributed by atoms with Crippen LogP contribution in [0.15, 0.2) is 28.8 Å². The van der Waals surface area contributed by atoms with Gasteiger partial charge in [0.15, 0.2) is 0 Å². The summed E-state index contributed by atoms with van der Waals surface area (Å²) in [5.41, 5.74) is 0.230. The maximum atomic E-state index is 13.3. The van der Waals surface area contributed by atoms with Gasteiger partial charge >= 0.3 is 6.18 Å². The Bertz CT molecular complexity index is 801. The largest absolute Gasteiger partial charge is 0.416 e. The molecular formula is C18H19F3N2O3. The number of ether oxygens (including phenoxy) is 1. The van der Waals surface area contributed by atoms with Crippen LogP contribution in [0.25, 0.3) is 0 Å². The number of amides is 1. The van der Waals surface area contributed by atoms with E-state index in [4.69, 9.17) is 9.26 Å². The van der Waals surface area contributed by atoms with Gasteiger partial charge in [-0.1, -0.05) is 30.3 Å². The van der Waals surface area contributed by atoms with Crippen LogP contribution in [0.3, 0.4) is 0 Å². The molecule has 1 aliphatic rings. The highest BCUT2D eigenvalue weighted by Crippen LogP contribution is 2.36. The highest BCUT2D eigenvalue weighted by Gasteiger charge is 2.37. The molecule has 3 rings (SSSR count). The number of rotatable bonds is 3. The molecule has 5 nitrogen and oxygen atoms in total. The Morgan fingerprint density at radius 1 is 1.35 bits per heavy atom. The van der Waals surface area contributed by atoms with Crippen LogP contribution in [-0.2, 0) is 17.3 Å². The standard InChI is InChI=1S/C18H19F3N2O3/c1-3-14-16(11(2)26-22-14)17(24)23-8-9-25-15(10-23)12-6-4-5-7-13(12)18(19,20)21/h4-7,15H,3,8-10H2,1-2H3. The van der Waals surface area contributed by atoms with Gasteiger partial charge in [-0.3, -0.25) is 4.79 Å². The minimum atomic E-state index is -4.48. The number of alkyl halides is 3. The van der Waals surface area contributed by atoms with Crippen LogP contribution in [0.5, 0.6) is 0 Å². The van der Waals surface area contributed by atoms with Gasteiger partial charge in [0.05, 0.1) is 24.4 Å². The highest BCUT2D eigenvalue weighted by atomic mass is 19.4. The smallest absolute Gasteiger partial charge is 0.370 e. The normalized spacial score (nSPS) is 18.2. The molecule has 0 bridgehead atoms. The summed E-state index contributed by atoms with van der Waals surface area (Å²) in [5, 5.41) is 3.87. The summed E-state index contributed by atoms with van der Waals surface area (Å²) in [6, 6.07) is 5.29. The lowest BCUT2D eigenvalue weighted by Gasteiger charge is -2.34. The molecule has 0 spiro atoms. The number of nitrogens with zero attached hydrogens (tertiary/aromatic N) is 2. The zero-order valence-corrected chi connectivity index (χ0v) is 14.5. The van der Waals surface area contributed by atoms with Crippen LogP contribution in [0, 0.1) is 6.92 Å². The summed E-state index contributed by atoms with van der Waals surface area (Å²) in [6.45, 7) is 4.01. The Morgan fingerprint density at radius 3 is 2.77 bits per heavy atom. The number of aromatic nitrogens is 1. The van der Waals surface area contributed by atoms with Crippen molar-refractivity contribution in [1.82, 2.24) is 10.1 Å². The van der Waals surface area contributed by atoms with Crippen LogP contribution in [0.1, 0.15) is 46.0 Å². The number of carbonyl (C=O) groups is 1. The van der Waals surface area contributed by atoms with Crippen molar-refractivity contribution in [1.29, 1.82) is 0 Å². The van der Waals surface area contributed by atoms with Gasteiger partial charge < -0.3 is 14.2 Å². The molecule has 140 valence electrons. The van der Waals surface area contributed by atoms with E-state index in [1.54, 1.807) is 6.92 Å². The van der Waals surface area contributed by atoms with Crippen molar-refractivity contribution in [3.05, 3.63) is 52.4 Å². The Morgan fingerprint density at radius 2 is 2.08 bits per heavy atom. The van der Waals surface area contributed by atoms with E-state index < -0.39 is 17.8 Å². The molecule has 1 aliphatic heterocycles. The molecule has 1 atom stereocenters. The van der Waals surface area contributed by atoms with Crippen LogP contribution in [0.2, 0.25) is 0 Å². The number of hydrogen-bond acceptors (Lipinski definition) is 4. The first-order valence-electron chi connectivity index (χ1n) is 8.35. The van der Waals surface area contributed by atoms with Crippen LogP contribution < -0.4 is 0 Å². The summed E-state index contributed by atoms with van der Waals surface area (Å²) >= 11 is 0. The zero-order chi connectivity index (χ0) is 18.9. The van der Waals surface area contributed by atoms with Crippen molar-refractivity contribution in [3.8, 4) is 0 Å². The number of hydrogen-bond donors (Lipinski definition) is 0. The number of carbonyl (C=O) groups excluding carboxylic acids is 1.